The van der Waals surface area contributed by atoms with Crippen LogP contribution in [-0.2, 0) is 16.4 Å². The Labute approximate surface area is 187 Å². The van der Waals surface area contributed by atoms with Gasteiger partial charge in [-0.05, 0) is 54.3 Å². The van der Waals surface area contributed by atoms with Crippen molar-refractivity contribution < 1.29 is 17.6 Å². The molecule has 2 heterocycles. The summed E-state index contributed by atoms with van der Waals surface area (Å²) in [7, 11) is -3.93. The van der Waals surface area contributed by atoms with Crippen LogP contribution in [0.3, 0.4) is 0 Å². The van der Waals surface area contributed by atoms with Crippen molar-refractivity contribution in [1.82, 2.24) is 9.62 Å². The lowest BCUT2D eigenvalue weighted by Crippen LogP contribution is -2.39. The molecule has 0 aromatic heterocycles. The number of amides is 2. The number of hydrogen-bond acceptors (Lipinski definition) is 5. The molecular weight excluding hydrogens is 433 g/mol. The standard InChI is InChI=1S/C22H26FN5O3S/c1-2-3-11-25-22(29)27-12-10-16-13-18(8-9-20(16)27)32(30,31)28-14-19(26-21(28)24)15-4-6-17(23)7-5-15/h4-9,13,19H,2-3,10-12,14H2,1H3,(H2,24,26)(H,25,29). The number of halogens is 1. The molecule has 0 fully saturated rings. The summed E-state index contributed by atoms with van der Waals surface area (Å²) in [5.41, 5.74) is 8.15. The minimum absolute atomic E-state index is 0.0445. The molecule has 2 aliphatic heterocycles. The maximum atomic E-state index is 13.3. The Morgan fingerprint density at radius 1 is 1.25 bits per heavy atom. The monoisotopic (exact) mass is 459 g/mol. The van der Waals surface area contributed by atoms with Crippen molar-refractivity contribution >= 4 is 27.7 Å². The van der Waals surface area contributed by atoms with Crippen LogP contribution < -0.4 is 16.0 Å². The SMILES string of the molecule is CCCCNC(=O)N1CCc2cc(S(=O)(=O)N3CC(c4ccc(F)cc4)N=C3N)ccc21. The van der Waals surface area contributed by atoms with Gasteiger partial charge in [-0.2, -0.15) is 0 Å². The molecule has 1 atom stereocenters. The number of hydrogen-bond donors (Lipinski definition) is 2. The molecule has 2 aromatic rings. The summed E-state index contributed by atoms with van der Waals surface area (Å²) in [6.45, 7) is 3.20. The first-order valence-electron chi connectivity index (χ1n) is 10.6. The number of carbonyl (C=O) groups excluding carboxylic acids is 1. The van der Waals surface area contributed by atoms with E-state index < -0.39 is 16.1 Å². The van der Waals surface area contributed by atoms with Crippen LogP contribution >= 0.6 is 0 Å². The second-order valence-electron chi connectivity index (χ2n) is 7.87. The minimum Gasteiger partial charge on any atom is -0.369 e. The van der Waals surface area contributed by atoms with Gasteiger partial charge in [-0.1, -0.05) is 25.5 Å². The Bertz CT molecular complexity index is 1150. The zero-order valence-corrected chi connectivity index (χ0v) is 18.6. The summed E-state index contributed by atoms with van der Waals surface area (Å²) in [5, 5.41) is 2.89. The molecule has 0 saturated heterocycles. The molecule has 3 N–H and O–H groups in total. The topological polar surface area (TPSA) is 108 Å². The molecule has 0 bridgehead atoms. The van der Waals surface area contributed by atoms with Crippen LogP contribution in [0.15, 0.2) is 52.4 Å². The van der Waals surface area contributed by atoms with Crippen LogP contribution in [0.2, 0.25) is 0 Å². The lowest BCUT2D eigenvalue weighted by Gasteiger charge is -2.20. The number of unbranched alkanes of at least 4 members (excludes halogenated alkanes) is 1. The first-order valence-corrected chi connectivity index (χ1v) is 12.0. The fraction of sp³-hybridized carbons (Fsp3) is 0.364. The third kappa shape index (κ3) is 4.14. The second-order valence-corrected chi connectivity index (χ2v) is 9.73. The van der Waals surface area contributed by atoms with E-state index in [-0.39, 0.29) is 29.2 Å². The summed E-state index contributed by atoms with van der Waals surface area (Å²) >= 11 is 0. The third-order valence-corrected chi connectivity index (χ3v) is 7.49. The van der Waals surface area contributed by atoms with Gasteiger partial charge in [0.25, 0.3) is 10.0 Å². The molecular formula is C22H26FN5O3S. The van der Waals surface area contributed by atoms with E-state index in [1.807, 2.05) is 0 Å². The highest BCUT2D eigenvalue weighted by molar-refractivity contribution is 7.89. The highest BCUT2D eigenvalue weighted by Gasteiger charge is 2.35. The number of nitrogens with one attached hydrogen (secondary N) is 1. The van der Waals surface area contributed by atoms with Crippen LogP contribution in [0.25, 0.3) is 0 Å². The Hall–Kier alpha value is -3.14. The summed E-state index contributed by atoms with van der Waals surface area (Å²) in [6.07, 6.45) is 2.46. The van der Waals surface area contributed by atoms with Crippen LogP contribution in [0.1, 0.15) is 36.9 Å². The van der Waals surface area contributed by atoms with Crippen LogP contribution in [0.4, 0.5) is 14.9 Å². The molecule has 2 aliphatic rings. The maximum absolute atomic E-state index is 13.3. The third-order valence-electron chi connectivity index (χ3n) is 5.72. The number of nitrogens with zero attached hydrogens (tertiary/aromatic N) is 3. The number of fused-ring (bicyclic) bond motifs is 1. The number of benzene rings is 2. The number of carbonyl (C=O) groups is 1. The Balaban J connectivity index is 1.52. The molecule has 170 valence electrons. The highest BCUT2D eigenvalue weighted by atomic mass is 32.2. The summed E-state index contributed by atoms with van der Waals surface area (Å²) < 4.78 is 40.8. The average molecular weight is 460 g/mol. The molecule has 0 radical (unpaired) electrons. The molecule has 0 saturated carbocycles. The largest absolute Gasteiger partial charge is 0.369 e. The quantitative estimate of drug-likeness (QED) is 0.648. The predicted octanol–water partition coefficient (Wildman–Crippen LogP) is 2.76. The molecule has 4 rings (SSSR count). The van der Waals surface area contributed by atoms with Gasteiger partial charge in [-0.25, -0.2) is 26.9 Å². The van der Waals surface area contributed by atoms with E-state index >= 15 is 0 Å². The molecule has 10 heteroatoms. The van der Waals surface area contributed by atoms with Gasteiger partial charge in [0.1, 0.15) is 5.82 Å². The average Bonchev–Trinajstić information content (AvgIpc) is 3.38. The van der Waals surface area contributed by atoms with E-state index in [0.29, 0.717) is 30.8 Å². The van der Waals surface area contributed by atoms with Crippen molar-refractivity contribution in [3.63, 3.8) is 0 Å². The van der Waals surface area contributed by atoms with Gasteiger partial charge < -0.3 is 11.1 Å². The number of rotatable bonds is 6. The van der Waals surface area contributed by atoms with Gasteiger partial charge in [-0.15, -0.1) is 0 Å². The van der Waals surface area contributed by atoms with Crippen molar-refractivity contribution in [1.29, 1.82) is 0 Å². The smallest absolute Gasteiger partial charge is 0.321 e. The first-order chi connectivity index (χ1) is 15.3. The molecule has 2 amide bonds. The fourth-order valence-corrected chi connectivity index (χ4v) is 5.36. The zero-order valence-electron chi connectivity index (χ0n) is 17.8. The van der Waals surface area contributed by atoms with Gasteiger partial charge in [0.15, 0.2) is 0 Å². The maximum Gasteiger partial charge on any atom is 0.321 e. The Morgan fingerprint density at radius 2 is 2.00 bits per heavy atom. The minimum atomic E-state index is -3.93. The van der Waals surface area contributed by atoms with E-state index in [4.69, 9.17) is 5.73 Å². The number of aliphatic imine (C=N–C) groups is 1. The number of guanidine groups is 1. The number of anilines is 1. The van der Waals surface area contributed by atoms with Gasteiger partial charge in [0, 0.05) is 18.8 Å². The van der Waals surface area contributed by atoms with Crippen molar-refractivity contribution in [2.24, 2.45) is 10.7 Å². The van der Waals surface area contributed by atoms with E-state index in [9.17, 15) is 17.6 Å². The van der Waals surface area contributed by atoms with Crippen molar-refractivity contribution in [3.8, 4) is 0 Å². The summed E-state index contributed by atoms with van der Waals surface area (Å²) in [4.78, 5) is 18.4. The normalized spacial score (nSPS) is 17.9. The zero-order chi connectivity index (χ0) is 22.9. The van der Waals surface area contributed by atoms with Crippen molar-refractivity contribution in [2.75, 3.05) is 24.5 Å². The molecule has 8 nitrogen and oxygen atoms in total. The van der Waals surface area contributed by atoms with Crippen LogP contribution in [0.5, 0.6) is 0 Å². The van der Waals surface area contributed by atoms with Crippen molar-refractivity contribution in [2.45, 2.75) is 37.1 Å². The van der Waals surface area contributed by atoms with Crippen LogP contribution in [0, 0.1) is 5.82 Å². The van der Waals surface area contributed by atoms with E-state index in [1.165, 1.54) is 18.2 Å². The molecule has 1 unspecified atom stereocenters. The molecule has 2 aromatic carbocycles. The Morgan fingerprint density at radius 3 is 2.72 bits per heavy atom. The second kappa shape index (κ2) is 8.78. The Kier molecular flexibility index (Phi) is 6.05. The van der Waals surface area contributed by atoms with E-state index in [0.717, 1.165) is 22.7 Å². The summed E-state index contributed by atoms with van der Waals surface area (Å²) in [5.74, 6) is -0.476. The van der Waals surface area contributed by atoms with Crippen molar-refractivity contribution in [3.05, 3.63) is 59.4 Å². The van der Waals surface area contributed by atoms with Crippen LogP contribution in [-0.4, -0.2) is 44.3 Å². The predicted molar refractivity (Wildman–Crippen MR) is 120 cm³/mol. The van der Waals surface area contributed by atoms with Gasteiger partial charge in [0.05, 0.1) is 17.5 Å². The molecule has 32 heavy (non-hydrogen) atoms. The molecule has 0 aliphatic carbocycles. The number of nitrogens with two attached hydrogens (primary N) is 1. The highest BCUT2D eigenvalue weighted by Crippen LogP contribution is 2.33. The number of sulfonamides is 1. The van der Waals surface area contributed by atoms with E-state index in [1.54, 1.807) is 29.2 Å². The van der Waals surface area contributed by atoms with Gasteiger partial charge in [0.2, 0.25) is 5.96 Å². The summed E-state index contributed by atoms with van der Waals surface area (Å²) in [6, 6.07) is 9.84. The van der Waals surface area contributed by atoms with Gasteiger partial charge >= 0.3 is 6.03 Å². The molecule has 0 spiro atoms. The van der Waals surface area contributed by atoms with Gasteiger partial charge in [-0.3, -0.25) is 4.90 Å². The van der Waals surface area contributed by atoms with E-state index in [2.05, 4.69) is 17.2 Å². The first kappa shape index (κ1) is 22.1. The number of urea groups is 1. The lowest BCUT2D eigenvalue weighted by atomic mass is 10.1. The lowest BCUT2D eigenvalue weighted by molar-refractivity contribution is 0.246. The fourth-order valence-electron chi connectivity index (χ4n) is 3.95.